The first-order chi connectivity index (χ1) is 16.7. The summed E-state index contributed by atoms with van der Waals surface area (Å²) in [5.41, 5.74) is 1.15. The molecule has 0 bridgehead atoms. The number of carbonyl (C=O) groups excluding carboxylic acids is 2. The van der Waals surface area contributed by atoms with Crippen LogP contribution < -0.4 is 4.74 Å². The van der Waals surface area contributed by atoms with Crippen molar-refractivity contribution in [1.82, 2.24) is 24.8 Å². The van der Waals surface area contributed by atoms with Crippen LogP contribution in [0.3, 0.4) is 0 Å². The molecule has 3 atom stereocenters. The third-order valence-corrected chi connectivity index (χ3v) is 5.85. The molecule has 2 aromatic rings. The van der Waals surface area contributed by atoms with Crippen LogP contribution in [-0.4, -0.2) is 80.6 Å². The Labute approximate surface area is 206 Å². The minimum absolute atomic E-state index is 0.148. The highest BCUT2D eigenvalue weighted by Crippen LogP contribution is 2.27. The van der Waals surface area contributed by atoms with E-state index in [0.717, 1.165) is 6.42 Å². The number of hydrogen-bond acceptors (Lipinski definition) is 7. The molecule has 2 amide bonds. The van der Waals surface area contributed by atoms with E-state index in [1.807, 2.05) is 6.92 Å². The van der Waals surface area contributed by atoms with E-state index < -0.39 is 12.1 Å². The second-order valence-electron chi connectivity index (χ2n) is 9.38. The van der Waals surface area contributed by atoms with Crippen molar-refractivity contribution in [3.8, 4) is 17.7 Å². The summed E-state index contributed by atoms with van der Waals surface area (Å²) in [5, 5.41) is 9.81. The zero-order valence-electron chi connectivity index (χ0n) is 20.9. The van der Waals surface area contributed by atoms with Gasteiger partial charge in [-0.2, -0.15) is 0 Å². The summed E-state index contributed by atoms with van der Waals surface area (Å²) in [6, 6.07) is 1.29. The lowest BCUT2D eigenvalue weighted by Crippen LogP contribution is -2.50. The fourth-order valence-electron chi connectivity index (χ4n) is 3.70. The number of aliphatic hydroxyl groups is 1. The molecule has 35 heavy (non-hydrogen) atoms. The van der Waals surface area contributed by atoms with Gasteiger partial charge in [0.25, 0.3) is 11.8 Å². The highest BCUT2D eigenvalue weighted by molar-refractivity contribution is 5.97. The highest BCUT2D eigenvalue weighted by Gasteiger charge is 2.34. The van der Waals surface area contributed by atoms with Crippen LogP contribution in [0.15, 0.2) is 30.9 Å². The maximum Gasteiger partial charge on any atom is 0.273 e. The quantitative estimate of drug-likeness (QED) is 0.633. The first-order valence-electron chi connectivity index (χ1n) is 11.8. The van der Waals surface area contributed by atoms with E-state index in [9.17, 15) is 14.7 Å². The molecule has 2 aromatic heterocycles. The molecule has 3 rings (SSSR count). The molecular weight excluding hydrogens is 446 g/mol. The van der Waals surface area contributed by atoms with E-state index in [1.165, 1.54) is 23.5 Å². The molecule has 0 fully saturated rings. The van der Waals surface area contributed by atoms with Gasteiger partial charge in [0, 0.05) is 50.1 Å². The van der Waals surface area contributed by atoms with Gasteiger partial charge in [-0.3, -0.25) is 14.6 Å². The van der Waals surface area contributed by atoms with Gasteiger partial charge in [-0.1, -0.05) is 32.6 Å². The van der Waals surface area contributed by atoms with Crippen molar-refractivity contribution in [3.63, 3.8) is 0 Å². The van der Waals surface area contributed by atoms with Crippen molar-refractivity contribution >= 4 is 11.8 Å². The number of likely N-dealkylation sites (N-methyl/N-ethyl adjacent to an activating group) is 1. The van der Waals surface area contributed by atoms with Crippen molar-refractivity contribution in [2.75, 3.05) is 26.7 Å². The van der Waals surface area contributed by atoms with Crippen LogP contribution in [0.2, 0.25) is 0 Å². The summed E-state index contributed by atoms with van der Waals surface area (Å²) >= 11 is 0. The van der Waals surface area contributed by atoms with Gasteiger partial charge in [0.15, 0.2) is 0 Å². The lowest BCUT2D eigenvalue weighted by Gasteiger charge is -2.37. The fraction of sp³-hybridized carbons (Fsp3) is 0.500. The number of fused-ring (bicyclic) bond motifs is 1. The van der Waals surface area contributed by atoms with Crippen molar-refractivity contribution in [2.45, 2.75) is 46.3 Å². The van der Waals surface area contributed by atoms with E-state index in [0.29, 0.717) is 23.6 Å². The molecule has 3 heterocycles. The summed E-state index contributed by atoms with van der Waals surface area (Å²) in [6.07, 6.45) is 6.28. The summed E-state index contributed by atoms with van der Waals surface area (Å²) in [7, 11) is 1.67. The largest absolute Gasteiger partial charge is 0.472 e. The van der Waals surface area contributed by atoms with E-state index in [4.69, 9.17) is 4.74 Å². The average molecular weight is 480 g/mol. The smallest absolute Gasteiger partial charge is 0.273 e. The van der Waals surface area contributed by atoms with Crippen LogP contribution in [-0.2, 0) is 0 Å². The van der Waals surface area contributed by atoms with Gasteiger partial charge < -0.3 is 19.6 Å². The van der Waals surface area contributed by atoms with E-state index in [-0.39, 0.29) is 42.5 Å². The molecule has 0 unspecified atom stereocenters. The first-order valence-corrected chi connectivity index (χ1v) is 11.8. The summed E-state index contributed by atoms with van der Waals surface area (Å²) in [4.78, 5) is 41.9. The molecule has 9 heteroatoms. The molecule has 1 aliphatic rings. The Morgan fingerprint density at radius 2 is 2.06 bits per heavy atom. The van der Waals surface area contributed by atoms with Gasteiger partial charge in [0.05, 0.1) is 25.4 Å². The second-order valence-corrected chi connectivity index (χ2v) is 9.38. The number of hydrogen-bond donors (Lipinski definition) is 1. The minimum Gasteiger partial charge on any atom is -0.472 e. The van der Waals surface area contributed by atoms with Gasteiger partial charge in [0.2, 0.25) is 5.88 Å². The van der Waals surface area contributed by atoms with Crippen molar-refractivity contribution in [2.24, 2.45) is 11.8 Å². The Morgan fingerprint density at radius 1 is 1.29 bits per heavy atom. The summed E-state index contributed by atoms with van der Waals surface area (Å²) in [6.45, 7) is 8.35. The molecule has 1 N–H and O–H groups in total. The van der Waals surface area contributed by atoms with Gasteiger partial charge in [-0.05, 0) is 18.9 Å². The van der Waals surface area contributed by atoms with Crippen molar-refractivity contribution in [3.05, 3.63) is 47.7 Å². The Balaban J connectivity index is 1.93. The molecule has 0 aromatic carbocycles. The second kappa shape index (κ2) is 11.8. The fourth-order valence-corrected chi connectivity index (χ4v) is 3.70. The zero-order valence-corrected chi connectivity index (χ0v) is 20.9. The number of nitrogens with zero attached hydrogens (tertiary/aromatic N) is 5. The zero-order chi connectivity index (χ0) is 25.5. The summed E-state index contributed by atoms with van der Waals surface area (Å²) in [5.74, 6) is 6.12. The molecule has 0 saturated carbocycles. The predicted molar refractivity (Wildman–Crippen MR) is 131 cm³/mol. The Morgan fingerprint density at radius 3 is 2.71 bits per heavy atom. The molecule has 186 valence electrons. The van der Waals surface area contributed by atoms with Crippen LogP contribution in [0.4, 0.5) is 0 Å². The topological polar surface area (TPSA) is 109 Å². The van der Waals surface area contributed by atoms with Crippen molar-refractivity contribution < 1.29 is 19.4 Å². The maximum atomic E-state index is 13.5. The highest BCUT2D eigenvalue weighted by atomic mass is 16.5. The van der Waals surface area contributed by atoms with Crippen molar-refractivity contribution in [1.29, 1.82) is 0 Å². The number of pyridine rings is 1. The molecule has 1 aliphatic heterocycles. The van der Waals surface area contributed by atoms with Gasteiger partial charge in [0.1, 0.15) is 17.4 Å². The van der Waals surface area contributed by atoms with Gasteiger partial charge >= 0.3 is 0 Å². The number of aliphatic hydroxyl groups excluding tert-OH is 1. The van der Waals surface area contributed by atoms with Crippen LogP contribution in [0.1, 0.15) is 60.5 Å². The molecular formula is C26H33N5O4. The first kappa shape index (κ1) is 26.1. The number of carbonyl (C=O) groups is 2. The number of aromatic nitrogens is 3. The third kappa shape index (κ3) is 6.55. The molecule has 0 spiro atoms. The van der Waals surface area contributed by atoms with E-state index >= 15 is 0 Å². The monoisotopic (exact) mass is 479 g/mol. The van der Waals surface area contributed by atoms with E-state index in [1.54, 1.807) is 31.1 Å². The Kier molecular flexibility index (Phi) is 8.77. The number of ether oxygens (including phenoxy) is 1. The normalized spacial score (nSPS) is 18.5. The third-order valence-electron chi connectivity index (χ3n) is 5.85. The summed E-state index contributed by atoms with van der Waals surface area (Å²) < 4.78 is 6.24. The minimum atomic E-state index is -0.453. The molecule has 0 saturated heterocycles. The number of amides is 2. The molecule has 0 aliphatic carbocycles. The van der Waals surface area contributed by atoms with Crippen LogP contribution in [0, 0.1) is 23.7 Å². The molecule has 9 nitrogen and oxygen atoms in total. The lowest BCUT2D eigenvalue weighted by molar-refractivity contribution is 0.0312. The predicted octanol–water partition coefficient (Wildman–Crippen LogP) is 2.26. The van der Waals surface area contributed by atoms with Crippen LogP contribution in [0.25, 0.3) is 0 Å². The van der Waals surface area contributed by atoms with E-state index in [2.05, 4.69) is 40.6 Å². The SMILES string of the molecule is CC(C)CC#Cc1cnc2c(c1)C(=O)N([C@H](C)CO)C[C@H](C)[C@@H](CN(C)C(=O)c1cnccn1)O2. The standard InChI is InChI=1S/C26H33N5O4/c1-17(2)7-6-8-20-11-21-24(29-12-20)35-23(18(3)14-31(25(21)33)19(4)16-32)15-30(5)26(34)22-13-27-9-10-28-22/h9-13,17-19,23,32H,7,14-16H2,1-5H3/t18-,19+,23+/m0/s1. The van der Waals surface area contributed by atoms with Crippen LogP contribution >= 0.6 is 0 Å². The van der Waals surface area contributed by atoms with Gasteiger partial charge in [-0.15, -0.1) is 0 Å². The Bertz CT molecular complexity index is 1100. The maximum absolute atomic E-state index is 13.5. The molecule has 0 radical (unpaired) electrons. The lowest BCUT2D eigenvalue weighted by atomic mass is 9.99. The van der Waals surface area contributed by atoms with Crippen LogP contribution in [0.5, 0.6) is 5.88 Å². The average Bonchev–Trinajstić information content (AvgIpc) is 2.85. The number of rotatable bonds is 6. The van der Waals surface area contributed by atoms with Gasteiger partial charge in [-0.25, -0.2) is 9.97 Å². The Hall–Kier alpha value is -3.51.